The van der Waals surface area contributed by atoms with Crippen molar-refractivity contribution in [2.45, 2.75) is 58.3 Å². The number of thioether (sulfide) groups is 1. The maximum absolute atomic E-state index is 13.2. The van der Waals surface area contributed by atoms with Crippen molar-refractivity contribution in [2.75, 3.05) is 24.8 Å². The van der Waals surface area contributed by atoms with Crippen LogP contribution in [0.2, 0.25) is 0 Å². The van der Waals surface area contributed by atoms with Gasteiger partial charge in [0.25, 0.3) is 0 Å². The maximum atomic E-state index is 13.2. The Morgan fingerprint density at radius 2 is 1.95 bits per heavy atom. The number of fused-ring (bicyclic) bond motifs is 1. The van der Waals surface area contributed by atoms with Crippen LogP contribution in [0.3, 0.4) is 0 Å². The van der Waals surface area contributed by atoms with Gasteiger partial charge in [0.1, 0.15) is 12.6 Å². The molecule has 0 saturated carbocycles. The lowest BCUT2D eigenvalue weighted by Crippen LogP contribution is -2.29. The van der Waals surface area contributed by atoms with E-state index in [0.29, 0.717) is 47.1 Å². The number of carbonyl (C=O) groups excluding carboxylic acids is 1. The first-order valence-electron chi connectivity index (χ1n) is 12.6. The Kier molecular flexibility index (Phi) is 8.76. The molecule has 37 heavy (non-hydrogen) atoms. The number of hydrogen-bond donors (Lipinski definition) is 1. The molecule has 0 aliphatic carbocycles. The standard InChI is InChI=1S/C28H34N4O4S/c1-6-13-35-26(33)24-19(4)29-27-30-28(37-14-7-2)31-32(27)25(24)21-11-12-22(23(16-21)34-5)36-17-20-10-8-9-18(3)15-20/h8-12,15-16,25H,6-7,13-14,17H2,1-5H3,(H,29,30,31). The maximum Gasteiger partial charge on any atom is 0.338 e. The van der Waals surface area contributed by atoms with Crippen LogP contribution < -0.4 is 14.8 Å². The average molecular weight is 523 g/mol. The summed E-state index contributed by atoms with van der Waals surface area (Å²) in [5.74, 6) is 2.32. The first-order valence-corrected chi connectivity index (χ1v) is 13.5. The van der Waals surface area contributed by atoms with Gasteiger partial charge in [-0.25, -0.2) is 9.48 Å². The molecule has 1 N–H and O–H groups in total. The normalized spacial score (nSPS) is 14.7. The molecule has 0 saturated heterocycles. The minimum Gasteiger partial charge on any atom is -0.493 e. The van der Waals surface area contributed by atoms with Crippen molar-refractivity contribution in [3.8, 4) is 11.5 Å². The smallest absolute Gasteiger partial charge is 0.338 e. The summed E-state index contributed by atoms with van der Waals surface area (Å²) in [6.45, 7) is 8.78. The molecule has 2 heterocycles. The highest BCUT2D eigenvalue weighted by molar-refractivity contribution is 7.99. The summed E-state index contributed by atoms with van der Waals surface area (Å²) in [6, 6.07) is 13.4. The molecule has 0 amide bonds. The lowest BCUT2D eigenvalue weighted by atomic mass is 9.95. The fourth-order valence-corrected chi connectivity index (χ4v) is 4.85. The SMILES string of the molecule is CCCOC(=O)C1=C(C)Nc2nc(SCCC)nn2C1c1ccc(OCc2cccc(C)c2)c(OC)c1. The molecule has 8 nitrogen and oxygen atoms in total. The van der Waals surface area contributed by atoms with E-state index < -0.39 is 6.04 Å². The van der Waals surface area contributed by atoms with E-state index in [0.717, 1.165) is 29.7 Å². The Morgan fingerprint density at radius 3 is 2.68 bits per heavy atom. The minimum atomic E-state index is -0.524. The highest BCUT2D eigenvalue weighted by Gasteiger charge is 2.35. The van der Waals surface area contributed by atoms with Crippen molar-refractivity contribution in [1.29, 1.82) is 0 Å². The number of aromatic nitrogens is 3. The van der Waals surface area contributed by atoms with E-state index in [1.165, 1.54) is 5.56 Å². The molecule has 9 heteroatoms. The van der Waals surface area contributed by atoms with Gasteiger partial charge in [0.15, 0.2) is 11.5 Å². The Hall–Kier alpha value is -3.46. The molecule has 1 atom stereocenters. The number of aryl methyl sites for hydroxylation is 1. The van der Waals surface area contributed by atoms with Crippen LogP contribution in [0, 0.1) is 6.92 Å². The molecule has 0 radical (unpaired) electrons. The number of nitrogens with one attached hydrogen (secondary N) is 1. The number of ether oxygens (including phenoxy) is 3. The van der Waals surface area contributed by atoms with Crippen molar-refractivity contribution in [1.82, 2.24) is 14.8 Å². The average Bonchev–Trinajstić information content (AvgIpc) is 3.30. The summed E-state index contributed by atoms with van der Waals surface area (Å²) in [5, 5.41) is 8.66. The molecule has 1 unspecified atom stereocenters. The van der Waals surface area contributed by atoms with Crippen LogP contribution in [-0.2, 0) is 16.1 Å². The first-order chi connectivity index (χ1) is 17.9. The number of carbonyl (C=O) groups is 1. The molecule has 1 aromatic heterocycles. The van der Waals surface area contributed by atoms with E-state index in [1.807, 2.05) is 44.2 Å². The summed E-state index contributed by atoms with van der Waals surface area (Å²) < 4.78 is 19.1. The van der Waals surface area contributed by atoms with Crippen molar-refractivity contribution < 1.29 is 19.0 Å². The van der Waals surface area contributed by atoms with Crippen molar-refractivity contribution in [2.24, 2.45) is 0 Å². The molecule has 0 bridgehead atoms. The molecule has 0 fully saturated rings. The van der Waals surface area contributed by atoms with Gasteiger partial charge in [-0.05, 0) is 49.9 Å². The lowest BCUT2D eigenvalue weighted by molar-refractivity contribution is -0.139. The number of rotatable bonds is 11. The molecule has 0 spiro atoms. The van der Waals surface area contributed by atoms with Gasteiger partial charge in [-0.1, -0.05) is 61.5 Å². The molecule has 1 aliphatic rings. The Balaban J connectivity index is 1.70. The minimum absolute atomic E-state index is 0.346. The van der Waals surface area contributed by atoms with Gasteiger partial charge in [0, 0.05) is 11.4 Å². The number of anilines is 1. The third-order valence-corrected chi connectivity index (χ3v) is 6.95. The molecule has 196 valence electrons. The number of methoxy groups -OCH3 is 1. The van der Waals surface area contributed by atoms with Gasteiger partial charge in [0.2, 0.25) is 11.1 Å². The van der Waals surface area contributed by atoms with E-state index in [4.69, 9.17) is 19.3 Å². The lowest BCUT2D eigenvalue weighted by Gasteiger charge is -2.28. The zero-order valence-electron chi connectivity index (χ0n) is 22.0. The summed E-state index contributed by atoms with van der Waals surface area (Å²) in [4.78, 5) is 17.9. The largest absolute Gasteiger partial charge is 0.493 e. The van der Waals surface area contributed by atoms with Crippen LogP contribution in [0.25, 0.3) is 0 Å². The Bertz CT molecular complexity index is 1290. The topological polar surface area (TPSA) is 87.5 Å². The summed E-state index contributed by atoms with van der Waals surface area (Å²) in [6.07, 6.45) is 1.75. The first kappa shape index (κ1) is 26.6. The molecular formula is C28H34N4O4S. The second kappa shape index (κ2) is 12.2. The highest BCUT2D eigenvalue weighted by atomic mass is 32.2. The predicted molar refractivity (Wildman–Crippen MR) is 145 cm³/mol. The van der Waals surface area contributed by atoms with Crippen LogP contribution in [0.15, 0.2) is 58.9 Å². The van der Waals surface area contributed by atoms with Crippen LogP contribution in [0.5, 0.6) is 11.5 Å². The van der Waals surface area contributed by atoms with Crippen LogP contribution in [0.4, 0.5) is 5.95 Å². The molecule has 2 aromatic carbocycles. The zero-order valence-corrected chi connectivity index (χ0v) is 22.9. The van der Waals surface area contributed by atoms with E-state index in [-0.39, 0.29) is 5.97 Å². The van der Waals surface area contributed by atoms with Crippen molar-refractivity contribution >= 4 is 23.7 Å². The number of allylic oxidation sites excluding steroid dienone is 1. The van der Waals surface area contributed by atoms with Crippen molar-refractivity contribution in [3.63, 3.8) is 0 Å². The Morgan fingerprint density at radius 1 is 1.11 bits per heavy atom. The summed E-state index contributed by atoms with van der Waals surface area (Å²) in [7, 11) is 1.61. The van der Waals surface area contributed by atoms with Gasteiger partial charge in [-0.15, -0.1) is 5.10 Å². The quantitative estimate of drug-likeness (QED) is 0.245. The van der Waals surface area contributed by atoms with Gasteiger partial charge < -0.3 is 19.5 Å². The number of hydrogen-bond acceptors (Lipinski definition) is 8. The fraction of sp³-hybridized carbons (Fsp3) is 0.393. The van der Waals surface area contributed by atoms with E-state index in [2.05, 4.69) is 36.3 Å². The number of nitrogens with zero attached hydrogens (tertiary/aromatic N) is 3. The van der Waals surface area contributed by atoms with Crippen LogP contribution in [-0.4, -0.2) is 40.2 Å². The van der Waals surface area contributed by atoms with Gasteiger partial charge >= 0.3 is 5.97 Å². The van der Waals surface area contributed by atoms with Gasteiger partial charge in [-0.3, -0.25) is 0 Å². The highest BCUT2D eigenvalue weighted by Crippen LogP contribution is 2.40. The van der Waals surface area contributed by atoms with Crippen molar-refractivity contribution in [3.05, 3.63) is 70.4 Å². The van der Waals surface area contributed by atoms with E-state index in [9.17, 15) is 4.79 Å². The fourth-order valence-electron chi connectivity index (χ4n) is 4.17. The second-order valence-corrected chi connectivity index (χ2v) is 9.96. The van der Waals surface area contributed by atoms with Gasteiger partial charge in [0.05, 0.1) is 19.3 Å². The molecule has 4 rings (SSSR count). The van der Waals surface area contributed by atoms with E-state index in [1.54, 1.807) is 23.6 Å². The third-order valence-electron chi connectivity index (χ3n) is 5.91. The molecule has 1 aliphatic heterocycles. The van der Waals surface area contributed by atoms with Crippen LogP contribution in [0.1, 0.15) is 56.3 Å². The van der Waals surface area contributed by atoms with Gasteiger partial charge in [-0.2, -0.15) is 4.98 Å². The third kappa shape index (κ3) is 6.10. The molecule has 3 aromatic rings. The summed E-state index contributed by atoms with van der Waals surface area (Å²) >= 11 is 1.59. The van der Waals surface area contributed by atoms with Crippen LogP contribution >= 0.6 is 11.8 Å². The number of benzene rings is 2. The van der Waals surface area contributed by atoms with E-state index >= 15 is 0 Å². The zero-order chi connectivity index (χ0) is 26.4. The monoisotopic (exact) mass is 522 g/mol. The second-order valence-electron chi connectivity index (χ2n) is 8.90. The predicted octanol–water partition coefficient (Wildman–Crippen LogP) is 5.92. The molecular weight excluding hydrogens is 488 g/mol. The Labute approximate surface area is 222 Å². The summed E-state index contributed by atoms with van der Waals surface area (Å²) in [5.41, 5.74) is 4.26. The number of esters is 1.